The Kier molecular flexibility index (Phi) is 5.40. The lowest BCUT2D eigenvalue weighted by atomic mass is 9.68. The van der Waals surface area contributed by atoms with Crippen LogP contribution in [0.3, 0.4) is 0 Å². The summed E-state index contributed by atoms with van der Waals surface area (Å²) in [6.07, 6.45) is 5.36. The van der Waals surface area contributed by atoms with Gasteiger partial charge < -0.3 is 11.1 Å². The van der Waals surface area contributed by atoms with Gasteiger partial charge in [0.25, 0.3) is 0 Å². The lowest BCUT2D eigenvalue weighted by Gasteiger charge is -2.37. The molecule has 0 bridgehead atoms. The molecule has 0 aliphatic heterocycles. The van der Waals surface area contributed by atoms with Crippen molar-refractivity contribution in [1.82, 2.24) is 5.32 Å². The first-order valence-corrected chi connectivity index (χ1v) is 8.09. The van der Waals surface area contributed by atoms with Gasteiger partial charge in [-0.05, 0) is 30.2 Å². The molecule has 1 aromatic carbocycles. The molecule has 1 aliphatic rings. The highest BCUT2D eigenvalue weighted by molar-refractivity contribution is 5.79. The first-order valence-electron chi connectivity index (χ1n) is 8.09. The Hall–Kier alpha value is -1.35. The van der Waals surface area contributed by atoms with E-state index in [0.29, 0.717) is 6.54 Å². The van der Waals surface area contributed by atoms with E-state index in [1.54, 1.807) is 0 Å². The Balaban J connectivity index is 1.79. The molecule has 3 nitrogen and oxygen atoms in total. The van der Waals surface area contributed by atoms with Crippen LogP contribution in [0.25, 0.3) is 0 Å². The first-order chi connectivity index (χ1) is 10.0. The number of hydrogen-bond donors (Lipinski definition) is 2. The van der Waals surface area contributed by atoms with Gasteiger partial charge in [0.2, 0.25) is 5.91 Å². The smallest absolute Gasteiger partial charge is 0.223 e. The second-order valence-electron chi connectivity index (χ2n) is 6.88. The molecular formula is C18H28N2O. The summed E-state index contributed by atoms with van der Waals surface area (Å²) in [5.74, 6) is 0.360. The van der Waals surface area contributed by atoms with Gasteiger partial charge in [0.05, 0.1) is 0 Å². The molecule has 0 radical (unpaired) electrons. The Morgan fingerprint density at radius 3 is 2.71 bits per heavy atom. The van der Waals surface area contributed by atoms with Crippen LogP contribution in [0.2, 0.25) is 0 Å². The normalized spacial score (nSPS) is 22.5. The Morgan fingerprint density at radius 1 is 1.33 bits per heavy atom. The molecule has 0 aromatic heterocycles. The van der Waals surface area contributed by atoms with Crippen LogP contribution in [-0.2, 0) is 4.79 Å². The van der Waals surface area contributed by atoms with E-state index in [1.807, 2.05) is 30.3 Å². The fraction of sp³-hybridized carbons (Fsp3) is 0.611. The number of amides is 1. The van der Waals surface area contributed by atoms with Gasteiger partial charge in [-0.3, -0.25) is 4.79 Å². The van der Waals surface area contributed by atoms with Crippen LogP contribution >= 0.6 is 0 Å². The molecular weight excluding hydrogens is 260 g/mol. The third-order valence-electron chi connectivity index (χ3n) is 4.81. The zero-order valence-corrected chi connectivity index (χ0v) is 13.3. The minimum absolute atomic E-state index is 0.00846. The van der Waals surface area contributed by atoms with Crippen LogP contribution in [0.1, 0.15) is 57.6 Å². The lowest BCUT2D eigenvalue weighted by Crippen LogP contribution is -2.41. The lowest BCUT2D eigenvalue weighted by molar-refractivity contribution is -0.130. The summed E-state index contributed by atoms with van der Waals surface area (Å²) in [5.41, 5.74) is 7.42. The van der Waals surface area contributed by atoms with Gasteiger partial charge in [0.1, 0.15) is 0 Å². The number of carbonyl (C=O) groups excluding carboxylic acids is 1. The van der Waals surface area contributed by atoms with E-state index in [2.05, 4.69) is 19.2 Å². The van der Waals surface area contributed by atoms with Gasteiger partial charge in [-0.1, -0.05) is 57.0 Å². The zero-order valence-electron chi connectivity index (χ0n) is 13.3. The maximum absolute atomic E-state index is 12.4. The Labute approximate surface area is 128 Å². The van der Waals surface area contributed by atoms with Gasteiger partial charge in [0, 0.05) is 18.5 Å². The van der Waals surface area contributed by atoms with E-state index >= 15 is 0 Å². The fourth-order valence-corrected chi connectivity index (χ4v) is 3.32. The number of hydrogen-bond acceptors (Lipinski definition) is 2. The van der Waals surface area contributed by atoms with E-state index in [9.17, 15) is 4.79 Å². The van der Waals surface area contributed by atoms with Gasteiger partial charge in [-0.2, -0.15) is 0 Å². The third-order valence-corrected chi connectivity index (χ3v) is 4.81. The highest BCUT2D eigenvalue weighted by Crippen LogP contribution is 2.40. The molecule has 3 heteroatoms. The highest BCUT2D eigenvalue weighted by Gasteiger charge is 2.36. The summed E-state index contributed by atoms with van der Waals surface area (Å²) in [6.45, 7) is 5.08. The van der Waals surface area contributed by atoms with Crippen LogP contribution in [0.5, 0.6) is 0 Å². The Morgan fingerprint density at radius 2 is 2.05 bits per heavy atom. The number of nitrogens with two attached hydrogens (primary N) is 1. The van der Waals surface area contributed by atoms with E-state index in [1.165, 1.54) is 12.8 Å². The SMILES string of the molecule is CC1(C)CCCCC1C(=O)NCCC(N)c1ccccc1. The summed E-state index contributed by atoms with van der Waals surface area (Å²) in [7, 11) is 0. The van der Waals surface area contributed by atoms with Crippen molar-refractivity contribution in [3.8, 4) is 0 Å². The van der Waals surface area contributed by atoms with Crippen LogP contribution in [0, 0.1) is 11.3 Å². The predicted molar refractivity (Wildman–Crippen MR) is 86.7 cm³/mol. The number of nitrogens with one attached hydrogen (secondary N) is 1. The quantitative estimate of drug-likeness (QED) is 0.872. The molecule has 1 aromatic rings. The molecule has 1 aliphatic carbocycles. The van der Waals surface area contributed by atoms with E-state index in [0.717, 1.165) is 24.8 Å². The monoisotopic (exact) mass is 288 g/mol. The van der Waals surface area contributed by atoms with Crippen molar-refractivity contribution in [3.05, 3.63) is 35.9 Å². The maximum atomic E-state index is 12.4. The van der Waals surface area contributed by atoms with Gasteiger partial charge in [-0.25, -0.2) is 0 Å². The molecule has 2 atom stereocenters. The van der Waals surface area contributed by atoms with Crippen molar-refractivity contribution in [3.63, 3.8) is 0 Å². The van der Waals surface area contributed by atoms with Crippen LogP contribution in [-0.4, -0.2) is 12.5 Å². The van der Waals surface area contributed by atoms with Crippen molar-refractivity contribution < 1.29 is 4.79 Å². The topological polar surface area (TPSA) is 55.1 Å². The zero-order chi connectivity index (χ0) is 15.3. The van der Waals surface area contributed by atoms with Crippen molar-refractivity contribution in [2.75, 3.05) is 6.54 Å². The van der Waals surface area contributed by atoms with Crippen molar-refractivity contribution in [2.24, 2.45) is 17.1 Å². The highest BCUT2D eigenvalue weighted by atomic mass is 16.1. The summed E-state index contributed by atoms with van der Waals surface area (Å²) in [4.78, 5) is 12.4. The van der Waals surface area contributed by atoms with Gasteiger partial charge in [-0.15, -0.1) is 0 Å². The van der Waals surface area contributed by atoms with E-state index in [4.69, 9.17) is 5.73 Å². The molecule has 2 unspecified atom stereocenters. The van der Waals surface area contributed by atoms with Gasteiger partial charge >= 0.3 is 0 Å². The molecule has 1 amide bonds. The van der Waals surface area contributed by atoms with E-state index in [-0.39, 0.29) is 23.3 Å². The summed E-state index contributed by atoms with van der Waals surface area (Å²) < 4.78 is 0. The fourth-order valence-electron chi connectivity index (χ4n) is 3.32. The van der Waals surface area contributed by atoms with Crippen LogP contribution < -0.4 is 11.1 Å². The third kappa shape index (κ3) is 4.31. The number of benzene rings is 1. The molecule has 116 valence electrons. The van der Waals surface area contributed by atoms with Crippen LogP contribution in [0.15, 0.2) is 30.3 Å². The molecule has 1 saturated carbocycles. The second kappa shape index (κ2) is 7.08. The average Bonchev–Trinajstić information content (AvgIpc) is 2.47. The molecule has 1 fully saturated rings. The van der Waals surface area contributed by atoms with Gasteiger partial charge in [0.15, 0.2) is 0 Å². The minimum Gasteiger partial charge on any atom is -0.356 e. The molecule has 3 N–H and O–H groups in total. The summed E-state index contributed by atoms with van der Waals surface area (Å²) in [5, 5.41) is 3.09. The average molecular weight is 288 g/mol. The Bertz CT molecular complexity index is 456. The molecule has 0 spiro atoms. The summed E-state index contributed by atoms with van der Waals surface area (Å²) >= 11 is 0. The maximum Gasteiger partial charge on any atom is 0.223 e. The molecule has 2 rings (SSSR count). The predicted octanol–water partition coefficient (Wildman–Crippen LogP) is 3.41. The first kappa shape index (κ1) is 16.0. The number of rotatable bonds is 5. The second-order valence-corrected chi connectivity index (χ2v) is 6.88. The molecule has 21 heavy (non-hydrogen) atoms. The number of carbonyl (C=O) groups is 1. The van der Waals surface area contributed by atoms with Crippen molar-refractivity contribution >= 4 is 5.91 Å². The largest absolute Gasteiger partial charge is 0.356 e. The van der Waals surface area contributed by atoms with Crippen molar-refractivity contribution in [1.29, 1.82) is 0 Å². The molecule has 0 heterocycles. The van der Waals surface area contributed by atoms with Crippen LogP contribution in [0.4, 0.5) is 0 Å². The van der Waals surface area contributed by atoms with E-state index < -0.39 is 0 Å². The summed E-state index contributed by atoms with van der Waals surface area (Å²) in [6, 6.07) is 10.1. The minimum atomic E-state index is -0.00846. The standard InChI is InChI=1S/C18H28N2O/c1-18(2)12-7-6-10-15(18)17(21)20-13-11-16(19)14-8-4-3-5-9-14/h3-5,8-9,15-16H,6-7,10-13,19H2,1-2H3,(H,20,21). The molecule has 0 saturated heterocycles. The van der Waals surface area contributed by atoms with Crippen molar-refractivity contribution in [2.45, 2.75) is 52.0 Å².